The number of halogens is 1. The number of para-hydroxylation sites is 1. The molecule has 0 amide bonds. The number of hydrogen-bond donors (Lipinski definition) is 1. The molecule has 1 N–H and O–H groups in total. The van der Waals surface area contributed by atoms with Gasteiger partial charge in [-0.3, -0.25) is 4.90 Å². The Bertz CT molecular complexity index is 497. The summed E-state index contributed by atoms with van der Waals surface area (Å²) in [5.41, 5.74) is 1.25. The van der Waals surface area contributed by atoms with Gasteiger partial charge in [-0.25, -0.2) is 0 Å². The summed E-state index contributed by atoms with van der Waals surface area (Å²) >= 11 is 0. The summed E-state index contributed by atoms with van der Waals surface area (Å²) in [4.78, 5) is 2.63. The summed E-state index contributed by atoms with van der Waals surface area (Å²) in [6.45, 7) is 3.36. The molecule has 0 spiro atoms. The lowest BCUT2D eigenvalue weighted by Crippen LogP contribution is -2.46. The van der Waals surface area contributed by atoms with Crippen LogP contribution in [0.1, 0.15) is 70.3 Å². The zero-order valence-corrected chi connectivity index (χ0v) is 17.1. The molecule has 3 nitrogen and oxygen atoms in total. The van der Waals surface area contributed by atoms with E-state index >= 15 is 0 Å². The lowest BCUT2D eigenvalue weighted by molar-refractivity contribution is 0.0326. The monoisotopic (exact) mass is 381 g/mol. The van der Waals surface area contributed by atoms with E-state index in [1.54, 1.807) is 0 Å². The summed E-state index contributed by atoms with van der Waals surface area (Å²) < 4.78 is 6.00. The lowest BCUT2D eigenvalue weighted by Gasteiger charge is -2.36. The molecule has 0 bridgehead atoms. The van der Waals surface area contributed by atoms with Crippen LogP contribution in [0, 0.1) is 0 Å². The van der Waals surface area contributed by atoms with Crippen molar-refractivity contribution in [2.45, 2.75) is 89.3 Å². The van der Waals surface area contributed by atoms with Crippen LogP contribution < -0.4 is 4.74 Å². The van der Waals surface area contributed by atoms with Crippen LogP contribution in [-0.4, -0.2) is 41.3 Å². The highest BCUT2D eigenvalue weighted by Gasteiger charge is 2.31. The Morgan fingerprint density at radius 3 is 2.19 bits per heavy atom. The number of aliphatic hydroxyl groups is 1. The molecule has 0 heterocycles. The average Bonchev–Trinajstić information content (AvgIpc) is 3.33. The number of rotatable bonds is 9. The van der Waals surface area contributed by atoms with E-state index in [4.69, 9.17) is 4.74 Å². The SMILES string of the molecule is CCCc1ccccc1OCC(O)CN(C1CCCC1)C1CCCC1.Cl. The second-order valence-corrected chi connectivity index (χ2v) is 7.90. The number of benzene rings is 1. The minimum Gasteiger partial charge on any atom is -0.491 e. The molecule has 26 heavy (non-hydrogen) atoms. The van der Waals surface area contributed by atoms with Gasteiger partial charge in [0.2, 0.25) is 0 Å². The van der Waals surface area contributed by atoms with Gasteiger partial charge in [0.15, 0.2) is 0 Å². The molecule has 2 fully saturated rings. The van der Waals surface area contributed by atoms with Crippen molar-refractivity contribution in [3.05, 3.63) is 29.8 Å². The van der Waals surface area contributed by atoms with Gasteiger partial charge in [-0.15, -0.1) is 12.4 Å². The molecular weight excluding hydrogens is 346 g/mol. The van der Waals surface area contributed by atoms with Crippen molar-refractivity contribution in [2.24, 2.45) is 0 Å². The van der Waals surface area contributed by atoms with Gasteiger partial charge in [0, 0.05) is 18.6 Å². The average molecular weight is 382 g/mol. The van der Waals surface area contributed by atoms with Gasteiger partial charge in [0.1, 0.15) is 18.5 Å². The van der Waals surface area contributed by atoms with Gasteiger partial charge < -0.3 is 9.84 Å². The highest BCUT2D eigenvalue weighted by molar-refractivity contribution is 5.85. The third-order valence-corrected chi connectivity index (χ3v) is 5.93. The zero-order valence-electron chi connectivity index (χ0n) is 16.2. The summed E-state index contributed by atoms with van der Waals surface area (Å²) in [6, 6.07) is 9.62. The van der Waals surface area contributed by atoms with Crippen LogP contribution in [0.2, 0.25) is 0 Å². The molecule has 2 aliphatic rings. The summed E-state index contributed by atoms with van der Waals surface area (Å²) in [6.07, 6.45) is 12.4. The van der Waals surface area contributed by atoms with E-state index in [-0.39, 0.29) is 12.4 Å². The van der Waals surface area contributed by atoms with Crippen LogP contribution in [-0.2, 0) is 6.42 Å². The lowest BCUT2D eigenvalue weighted by atomic mass is 10.1. The predicted molar refractivity (Wildman–Crippen MR) is 110 cm³/mol. The highest BCUT2D eigenvalue weighted by Crippen LogP contribution is 2.31. The van der Waals surface area contributed by atoms with Gasteiger partial charge in [0.05, 0.1) is 0 Å². The molecule has 1 atom stereocenters. The van der Waals surface area contributed by atoms with Crippen LogP contribution in [0.15, 0.2) is 24.3 Å². The van der Waals surface area contributed by atoms with Gasteiger partial charge in [0.25, 0.3) is 0 Å². The molecule has 0 aliphatic heterocycles. The minimum atomic E-state index is -0.407. The van der Waals surface area contributed by atoms with Crippen molar-refractivity contribution in [3.63, 3.8) is 0 Å². The Morgan fingerprint density at radius 1 is 1.04 bits per heavy atom. The Balaban J connectivity index is 0.00000243. The van der Waals surface area contributed by atoms with Crippen LogP contribution in [0.25, 0.3) is 0 Å². The smallest absolute Gasteiger partial charge is 0.122 e. The van der Waals surface area contributed by atoms with E-state index in [1.807, 2.05) is 12.1 Å². The number of aryl methyl sites for hydroxylation is 1. The molecule has 148 valence electrons. The van der Waals surface area contributed by atoms with Gasteiger partial charge >= 0.3 is 0 Å². The first-order chi connectivity index (χ1) is 12.3. The quantitative estimate of drug-likeness (QED) is 0.654. The fraction of sp³-hybridized carbons (Fsp3) is 0.727. The van der Waals surface area contributed by atoms with Crippen molar-refractivity contribution >= 4 is 12.4 Å². The van der Waals surface area contributed by atoms with E-state index in [0.29, 0.717) is 18.7 Å². The maximum absolute atomic E-state index is 10.7. The number of ether oxygens (including phenoxy) is 1. The molecular formula is C22H36ClNO2. The number of hydrogen-bond acceptors (Lipinski definition) is 3. The number of nitrogens with zero attached hydrogens (tertiary/aromatic N) is 1. The maximum Gasteiger partial charge on any atom is 0.122 e. The van der Waals surface area contributed by atoms with Crippen LogP contribution in [0.5, 0.6) is 5.75 Å². The van der Waals surface area contributed by atoms with Gasteiger partial charge in [-0.05, 0) is 43.7 Å². The van der Waals surface area contributed by atoms with Crippen molar-refractivity contribution < 1.29 is 9.84 Å². The molecule has 1 aromatic carbocycles. The Kier molecular flexibility index (Phi) is 9.24. The van der Waals surface area contributed by atoms with Crippen molar-refractivity contribution in [1.29, 1.82) is 0 Å². The first kappa shape index (κ1) is 21.5. The van der Waals surface area contributed by atoms with Gasteiger partial charge in [-0.2, -0.15) is 0 Å². The Morgan fingerprint density at radius 2 is 1.62 bits per heavy atom. The highest BCUT2D eigenvalue weighted by atomic mass is 35.5. The normalized spacial score (nSPS) is 19.7. The molecule has 4 heteroatoms. The van der Waals surface area contributed by atoms with Crippen LogP contribution >= 0.6 is 12.4 Å². The summed E-state index contributed by atoms with van der Waals surface area (Å²) in [7, 11) is 0. The number of aliphatic hydroxyl groups excluding tert-OH is 1. The molecule has 0 saturated heterocycles. The second kappa shape index (κ2) is 11.2. The Labute approximate surface area is 165 Å². The molecule has 2 saturated carbocycles. The zero-order chi connectivity index (χ0) is 17.5. The van der Waals surface area contributed by atoms with E-state index in [0.717, 1.165) is 25.1 Å². The van der Waals surface area contributed by atoms with Gasteiger partial charge in [-0.1, -0.05) is 57.2 Å². The largest absolute Gasteiger partial charge is 0.491 e. The molecule has 2 aliphatic carbocycles. The third kappa shape index (κ3) is 5.87. The maximum atomic E-state index is 10.7. The second-order valence-electron chi connectivity index (χ2n) is 7.90. The topological polar surface area (TPSA) is 32.7 Å². The first-order valence-electron chi connectivity index (χ1n) is 10.4. The van der Waals surface area contributed by atoms with Crippen molar-refractivity contribution in [3.8, 4) is 5.75 Å². The fourth-order valence-corrected chi connectivity index (χ4v) is 4.67. The Hall–Kier alpha value is -0.770. The van der Waals surface area contributed by atoms with E-state index in [1.165, 1.54) is 56.9 Å². The minimum absolute atomic E-state index is 0. The fourth-order valence-electron chi connectivity index (χ4n) is 4.67. The molecule has 0 aromatic heterocycles. The van der Waals surface area contributed by atoms with Crippen molar-refractivity contribution in [2.75, 3.05) is 13.2 Å². The predicted octanol–water partition coefficient (Wildman–Crippen LogP) is 4.99. The van der Waals surface area contributed by atoms with Crippen LogP contribution in [0.4, 0.5) is 0 Å². The summed E-state index contributed by atoms with van der Waals surface area (Å²) in [5, 5.41) is 10.7. The van der Waals surface area contributed by atoms with Crippen molar-refractivity contribution in [1.82, 2.24) is 4.90 Å². The molecule has 1 aromatic rings. The first-order valence-corrected chi connectivity index (χ1v) is 10.4. The van der Waals surface area contributed by atoms with Crippen LogP contribution in [0.3, 0.4) is 0 Å². The van der Waals surface area contributed by atoms with E-state index in [9.17, 15) is 5.11 Å². The summed E-state index contributed by atoms with van der Waals surface area (Å²) in [5.74, 6) is 0.941. The van der Waals surface area contributed by atoms with E-state index < -0.39 is 6.10 Å². The molecule has 0 radical (unpaired) electrons. The standard InChI is InChI=1S/C22H35NO2.ClH/c1-2-9-18-10-3-8-15-22(18)25-17-21(24)16-23(19-11-4-5-12-19)20-13-6-7-14-20;/h3,8,10,15,19-21,24H,2,4-7,9,11-14,16-17H2,1H3;1H. The third-order valence-electron chi connectivity index (χ3n) is 5.93. The van der Waals surface area contributed by atoms with E-state index in [2.05, 4.69) is 24.0 Å². The molecule has 3 rings (SSSR count). The molecule has 1 unspecified atom stereocenters.